The fraction of sp³-hybridized carbons (Fsp3) is 0.375. The van der Waals surface area contributed by atoms with E-state index in [0.29, 0.717) is 17.5 Å². The zero-order valence-corrected chi connectivity index (χ0v) is 22.1. The zero-order valence-electron chi connectivity index (χ0n) is 22.1. The molecule has 0 radical (unpaired) electrons. The van der Waals surface area contributed by atoms with Gasteiger partial charge in [-0.2, -0.15) is 5.26 Å². The fourth-order valence-corrected chi connectivity index (χ4v) is 5.32. The quantitative estimate of drug-likeness (QED) is 0.374. The number of benzene rings is 3. The van der Waals surface area contributed by atoms with E-state index in [1.807, 2.05) is 71.6 Å². The lowest BCUT2D eigenvalue weighted by molar-refractivity contribution is 0.0457. The molecule has 0 bridgehead atoms. The monoisotopic (exact) mass is 511 g/mol. The van der Waals surface area contributed by atoms with Crippen LogP contribution >= 0.6 is 0 Å². The third-order valence-corrected chi connectivity index (χ3v) is 7.23. The number of nitriles is 1. The van der Waals surface area contributed by atoms with E-state index in [9.17, 15) is 15.2 Å². The maximum Gasteiger partial charge on any atom is 0.254 e. The Morgan fingerprint density at radius 2 is 1.89 bits per heavy atom. The van der Waals surface area contributed by atoms with Crippen LogP contribution in [-0.2, 0) is 17.8 Å². The molecule has 1 heterocycles. The van der Waals surface area contributed by atoms with Crippen LogP contribution in [0.4, 0.5) is 0 Å². The van der Waals surface area contributed by atoms with Crippen LogP contribution < -0.4 is 5.73 Å². The molecule has 3 aromatic rings. The predicted octanol–water partition coefficient (Wildman–Crippen LogP) is 5.08. The lowest BCUT2D eigenvalue weighted by atomic mass is 9.93. The van der Waals surface area contributed by atoms with Gasteiger partial charge in [0.1, 0.15) is 0 Å². The van der Waals surface area contributed by atoms with Crippen LogP contribution in [0.1, 0.15) is 59.7 Å². The summed E-state index contributed by atoms with van der Waals surface area (Å²) in [5, 5.41) is 19.7. The molecule has 6 heteroatoms. The van der Waals surface area contributed by atoms with Gasteiger partial charge in [-0.15, -0.1) is 0 Å². The molecular formula is C32H37N3O3. The van der Waals surface area contributed by atoms with Gasteiger partial charge in [-0.3, -0.25) is 4.79 Å². The van der Waals surface area contributed by atoms with Gasteiger partial charge in [0.05, 0.1) is 37.0 Å². The van der Waals surface area contributed by atoms with Gasteiger partial charge in [0, 0.05) is 18.2 Å². The lowest BCUT2D eigenvalue weighted by Crippen LogP contribution is -2.50. The summed E-state index contributed by atoms with van der Waals surface area (Å²) in [7, 11) is 0. The van der Waals surface area contributed by atoms with Crippen LogP contribution in [0.3, 0.4) is 0 Å². The number of amides is 1. The first kappa shape index (κ1) is 27.5. The van der Waals surface area contributed by atoms with Crippen molar-refractivity contribution >= 4 is 5.91 Å². The topological polar surface area (TPSA) is 99.6 Å². The van der Waals surface area contributed by atoms with Gasteiger partial charge in [0.25, 0.3) is 5.91 Å². The van der Waals surface area contributed by atoms with Crippen LogP contribution in [0.5, 0.6) is 0 Å². The van der Waals surface area contributed by atoms with Crippen molar-refractivity contribution in [2.24, 2.45) is 5.73 Å². The van der Waals surface area contributed by atoms with E-state index in [1.54, 1.807) is 6.07 Å². The molecule has 1 fully saturated rings. The molecule has 0 aromatic heterocycles. The minimum atomic E-state index is -0.923. The van der Waals surface area contributed by atoms with Crippen molar-refractivity contribution in [1.29, 1.82) is 5.26 Å². The highest BCUT2D eigenvalue weighted by Gasteiger charge is 2.29. The summed E-state index contributed by atoms with van der Waals surface area (Å²) < 4.78 is 6.04. The number of hydrogen-bond donors (Lipinski definition) is 2. The summed E-state index contributed by atoms with van der Waals surface area (Å²) in [6.45, 7) is 3.09. The predicted molar refractivity (Wildman–Crippen MR) is 149 cm³/mol. The Balaban J connectivity index is 1.59. The van der Waals surface area contributed by atoms with Crippen LogP contribution in [0, 0.1) is 11.3 Å². The van der Waals surface area contributed by atoms with Crippen molar-refractivity contribution in [1.82, 2.24) is 4.90 Å². The maximum absolute atomic E-state index is 13.7. The molecule has 1 aliphatic heterocycles. The van der Waals surface area contributed by atoms with Crippen molar-refractivity contribution in [3.8, 4) is 17.2 Å². The SMILES string of the molecule is CCCC1CCCN1C(=O)c1cc(COCC(N)(CO)Cc2ccccc2)cc(-c2ccccc2C#N)c1. The number of carbonyl (C=O) groups is 1. The molecule has 6 nitrogen and oxygen atoms in total. The Bertz CT molecular complexity index is 1270. The van der Waals surface area contributed by atoms with Gasteiger partial charge in [-0.05, 0) is 72.2 Å². The molecule has 38 heavy (non-hydrogen) atoms. The average molecular weight is 512 g/mol. The van der Waals surface area contributed by atoms with Crippen LogP contribution in [0.25, 0.3) is 11.1 Å². The number of aliphatic hydroxyl groups is 1. The molecule has 1 aliphatic rings. The first-order valence-corrected chi connectivity index (χ1v) is 13.4. The highest BCUT2D eigenvalue weighted by Crippen LogP contribution is 2.29. The molecule has 4 rings (SSSR count). The normalized spacial score (nSPS) is 16.7. The third kappa shape index (κ3) is 6.68. The number of ether oxygens (including phenoxy) is 1. The first-order valence-electron chi connectivity index (χ1n) is 13.4. The highest BCUT2D eigenvalue weighted by molar-refractivity contribution is 5.96. The second-order valence-electron chi connectivity index (χ2n) is 10.3. The molecule has 198 valence electrons. The van der Waals surface area contributed by atoms with Gasteiger partial charge in [-0.25, -0.2) is 0 Å². The maximum atomic E-state index is 13.7. The van der Waals surface area contributed by atoms with E-state index in [2.05, 4.69) is 13.0 Å². The molecular weight excluding hydrogens is 474 g/mol. The number of nitrogens with two attached hydrogens (primary N) is 1. The Labute approximate surface area is 225 Å². The van der Waals surface area contributed by atoms with E-state index >= 15 is 0 Å². The number of carbonyl (C=O) groups excluding carboxylic acids is 1. The second-order valence-corrected chi connectivity index (χ2v) is 10.3. The largest absolute Gasteiger partial charge is 0.394 e. The van der Waals surface area contributed by atoms with E-state index < -0.39 is 5.54 Å². The summed E-state index contributed by atoms with van der Waals surface area (Å²) in [6.07, 6.45) is 4.58. The molecule has 2 unspecified atom stereocenters. The summed E-state index contributed by atoms with van der Waals surface area (Å²) >= 11 is 0. The number of likely N-dealkylation sites (tertiary alicyclic amines) is 1. The third-order valence-electron chi connectivity index (χ3n) is 7.23. The smallest absolute Gasteiger partial charge is 0.254 e. The lowest BCUT2D eigenvalue weighted by Gasteiger charge is -2.27. The minimum absolute atomic E-state index is 0.0195. The molecule has 0 saturated carbocycles. The fourth-order valence-electron chi connectivity index (χ4n) is 5.32. The second kappa shape index (κ2) is 12.8. The molecule has 1 saturated heterocycles. The first-order chi connectivity index (χ1) is 18.5. The number of hydrogen-bond acceptors (Lipinski definition) is 5. The number of nitrogens with zero attached hydrogens (tertiary/aromatic N) is 2. The average Bonchev–Trinajstić information content (AvgIpc) is 3.41. The van der Waals surface area contributed by atoms with E-state index in [0.717, 1.165) is 54.5 Å². The number of aliphatic hydroxyl groups excluding tert-OH is 1. The van der Waals surface area contributed by atoms with Crippen LogP contribution in [-0.4, -0.2) is 47.3 Å². The Morgan fingerprint density at radius 3 is 2.63 bits per heavy atom. The van der Waals surface area contributed by atoms with Gasteiger partial charge >= 0.3 is 0 Å². The molecule has 3 N–H and O–H groups in total. The molecule has 0 aliphatic carbocycles. The molecule has 1 amide bonds. The summed E-state index contributed by atoms with van der Waals surface area (Å²) in [5.74, 6) is 0.0195. The van der Waals surface area contributed by atoms with Gasteiger partial charge in [0.15, 0.2) is 0 Å². The van der Waals surface area contributed by atoms with Crippen molar-refractivity contribution in [3.05, 3.63) is 95.1 Å². The van der Waals surface area contributed by atoms with Crippen molar-refractivity contribution < 1.29 is 14.6 Å². The molecule has 2 atom stereocenters. The van der Waals surface area contributed by atoms with Crippen LogP contribution in [0.2, 0.25) is 0 Å². The van der Waals surface area contributed by atoms with E-state index in [1.165, 1.54) is 0 Å². The highest BCUT2D eigenvalue weighted by atomic mass is 16.5. The Kier molecular flexibility index (Phi) is 9.30. The Hall–Kier alpha value is -3.50. The number of rotatable bonds is 11. The van der Waals surface area contributed by atoms with Gasteiger partial charge < -0.3 is 20.5 Å². The van der Waals surface area contributed by atoms with Gasteiger partial charge in [-0.1, -0.05) is 61.9 Å². The summed E-state index contributed by atoms with van der Waals surface area (Å²) in [6, 6.07) is 25.5. The molecule has 3 aromatic carbocycles. The standard InChI is InChI=1S/C32H37N3O3/c1-2-9-29-13-8-15-35(29)31(37)28-17-25(16-27(18-28)30-14-7-6-12-26(30)20-33)21-38-23-32(34,22-36)19-24-10-4-3-5-11-24/h3-7,10-12,14,16-18,29,36H,2,8-9,13,15,19,21-23,34H2,1H3. The van der Waals surface area contributed by atoms with Crippen molar-refractivity contribution in [3.63, 3.8) is 0 Å². The summed E-state index contributed by atoms with van der Waals surface area (Å²) in [5.41, 5.74) is 10.2. The van der Waals surface area contributed by atoms with Crippen LogP contribution in [0.15, 0.2) is 72.8 Å². The van der Waals surface area contributed by atoms with Gasteiger partial charge in [0.2, 0.25) is 0 Å². The van der Waals surface area contributed by atoms with E-state index in [4.69, 9.17) is 10.5 Å². The van der Waals surface area contributed by atoms with Crippen molar-refractivity contribution in [2.45, 2.75) is 57.2 Å². The van der Waals surface area contributed by atoms with Crippen molar-refractivity contribution in [2.75, 3.05) is 19.8 Å². The minimum Gasteiger partial charge on any atom is -0.394 e. The molecule has 0 spiro atoms. The summed E-state index contributed by atoms with van der Waals surface area (Å²) in [4.78, 5) is 15.7. The Morgan fingerprint density at radius 1 is 1.13 bits per heavy atom. The zero-order chi connectivity index (χ0) is 27.0. The van der Waals surface area contributed by atoms with E-state index in [-0.39, 0.29) is 31.8 Å².